The number of nitrogens with one attached hydrogen (secondary N) is 2. The quantitative estimate of drug-likeness (QED) is 0.689. The molecule has 0 unspecified atom stereocenters. The van der Waals surface area contributed by atoms with Gasteiger partial charge in [0.15, 0.2) is 0 Å². The first-order valence-electron chi connectivity index (χ1n) is 8.20. The lowest BCUT2D eigenvalue weighted by Crippen LogP contribution is -2.29. The van der Waals surface area contributed by atoms with Crippen molar-refractivity contribution in [3.63, 3.8) is 0 Å². The smallest absolute Gasteiger partial charge is 0.254 e. The topological polar surface area (TPSA) is 58.2 Å². The fourth-order valence-electron chi connectivity index (χ4n) is 2.35. The van der Waals surface area contributed by atoms with Gasteiger partial charge < -0.3 is 10.6 Å². The Labute approximate surface area is 155 Å². The van der Waals surface area contributed by atoms with Crippen molar-refractivity contribution in [3.8, 4) is 0 Å². The molecule has 2 rings (SSSR count). The van der Waals surface area contributed by atoms with E-state index < -0.39 is 17.5 Å². The van der Waals surface area contributed by atoms with Crippen LogP contribution < -0.4 is 10.6 Å². The Morgan fingerprint density at radius 1 is 1.00 bits per heavy atom. The highest BCUT2D eigenvalue weighted by Crippen LogP contribution is 2.11. The second-order valence-electron chi connectivity index (χ2n) is 5.71. The van der Waals surface area contributed by atoms with Crippen LogP contribution >= 0.6 is 11.6 Å². The maximum absolute atomic E-state index is 13.5. The third-order valence-corrected chi connectivity index (χ3v) is 3.90. The van der Waals surface area contributed by atoms with Crippen molar-refractivity contribution in [2.75, 3.05) is 13.1 Å². The normalized spacial score (nSPS) is 10.4. The van der Waals surface area contributed by atoms with Crippen LogP contribution in [0, 0.1) is 11.6 Å². The number of amides is 2. The van der Waals surface area contributed by atoms with Crippen molar-refractivity contribution in [1.29, 1.82) is 0 Å². The van der Waals surface area contributed by atoms with Gasteiger partial charge in [-0.05, 0) is 42.7 Å². The number of hydrogen-bond acceptors (Lipinski definition) is 2. The van der Waals surface area contributed by atoms with E-state index in [9.17, 15) is 18.4 Å². The fraction of sp³-hybridized carbons (Fsp3) is 0.263. The average Bonchev–Trinajstić information content (AvgIpc) is 2.58. The summed E-state index contributed by atoms with van der Waals surface area (Å²) in [5.74, 6) is -2.42. The minimum atomic E-state index is -0.916. The van der Waals surface area contributed by atoms with Crippen LogP contribution in [-0.2, 0) is 11.2 Å². The molecule has 4 nitrogen and oxygen atoms in total. The molecule has 0 fully saturated rings. The zero-order chi connectivity index (χ0) is 18.9. The van der Waals surface area contributed by atoms with Crippen LogP contribution in [0.15, 0.2) is 42.5 Å². The van der Waals surface area contributed by atoms with Gasteiger partial charge in [0.05, 0.1) is 5.56 Å². The first-order chi connectivity index (χ1) is 12.5. The molecule has 2 aromatic rings. The molecular formula is C19H19ClF2N2O2. The first kappa shape index (κ1) is 19.8. The van der Waals surface area contributed by atoms with Crippen LogP contribution in [0.2, 0.25) is 5.02 Å². The number of hydrogen-bond donors (Lipinski definition) is 2. The lowest BCUT2D eigenvalue weighted by molar-refractivity contribution is -0.121. The van der Waals surface area contributed by atoms with Gasteiger partial charge in [-0.15, -0.1) is 0 Å². The molecule has 0 radical (unpaired) electrons. The molecule has 2 amide bonds. The molecule has 0 aromatic heterocycles. The first-order valence-corrected chi connectivity index (χ1v) is 8.58. The third kappa shape index (κ3) is 6.44. The minimum Gasteiger partial charge on any atom is -0.356 e. The van der Waals surface area contributed by atoms with Crippen molar-refractivity contribution in [2.45, 2.75) is 19.3 Å². The van der Waals surface area contributed by atoms with Gasteiger partial charge in [-0.3, -0.25) is 9.59 Å². The molecule has 138 valence electrons. The van der Waals surface area contributed by atoms with Crippen molar-refractivity contribution >= 4 is 23.4 Å². The highest BCUT2D eigenvalue weighted by Gasteiger charge is 2.12. The number of benzene rings is 2. The summed E-state index contributed by atoms with van der Waals surface area (Å²) in [6.07, 6.45) is 1.33. The molecule has 0 spiro atoms. The van der Waals surface area contributed by atoms with Crippen molar-refractivity contribution in [1.82, 2.24) is 10.6 Å². The Hall–Kier alpha value is -2.47. The molecule has 0 bridgehead atoms. The lowest BCUT2D eigenvalue weighted by atomic mass is 10.1. The van der Waals surface area contributed by atoms with Gasteiger partial charge in [0.1, 0.15) is 11.6 Å². The van der Waals surface area contributed by atoms with Gasteiger partial charge in [0, 0.05) is 30.6 Å². The second-order valence-corrected chi connectivity index (χ2v) is 6.15. The summed E-state index contributed by atoms with van der Waals surface area (Å²) >= 11 is 5.89. The molecule has 2 N–H and O–H groups in total. The summed E-state index contributed by atoms with van der Waals surface area (Å²) < 4.78 is 26.3. The molecule has 0 saturated carbocycles. The Kier molecular flexibility index (Phi) is 7.53. The van der Waals surface area contributed by atoms with Gasteiger partial charge in [-0.25, -0.2) is 8.78 Å². The number of halogens is 3. The largest absolute Gasteiger partial charge is 0.356 e. The summed E-state index contributed by atoms with van der Waals surface area (Å²) in [5, 5.41) is 5.95. The molecular weight excluding hydrogens is 362 g/mol. The number of rotatable bonds is 8. The SMILES string of the molecule is O=C(CCCNC(=O)c1ccc(F)cc1F)NCCc1cccc(Cl)c1. The van der Waals surface area contributed by atoms with E-state index in [1.54, 1.807) is 6.07 Å². The summed E-state index contributed by atoms with van der Waals surface area (Å²) in [4.78, 5) is 23.5. The highest BCUT2D eigenvalue weighted by atomic mass is 35.5. The molecule has 0 heterocycles. The van der Waals surface area contributed by atoms with E-state index in [2.05, 4.69) is 10.6 Å². The summed E-state index contributed by atoms with van der Waals surface area (Å²) in [7, 11) is 0. The second kappa shape index (κ2) is 9.87. The van der Waals surface area contributed by atoms with E-state index in [-0.39, 0.29) is 24.4 Å². The molecule has 0 atom stereocenters. The van der Waals surface area contributed by atoms with Gasteiger partial charge >= 0.3 is 0 Å². The number of carbonyl (C=O) groups excluding carboxylic acids is 2. The van der Waals surface area contributed by atoms with Crippen molar-refractivity contribution in [2.24, 2.45) is 0 Å². The van der Waals surface area contributed by atoms with Crippen LogP contribution in [0.5, 0.6) is 0 Å². The zero-order valence-electron chi connectivity index (χ0n) is 14.0. The Bertz CT molecular complexity index is 784. The maximum Gasteiger partial charge on any atom is 0.254 e. The number of carbonyl (C=O) groups is 2. The van der Waals surface area contributed by atoms with Crippen molar-refractivity contribution < 1.29 is 18.4 Å². The predicted molar refractivity (Wildman–Crippen MR) is 96.1 cm³/mol. The van der Waals surface area contributed by atoms with Crippen LogP contribution in [0.25, 0.3) is 0 Å². The van der Waals surface area contributed by atoms with E-state index in [1.165, 1.54) is 0 Å². The molecule has 0 saturated heterocycles. The Balaban J connectivity index is 1.63. The minimum absolute atomic E-state index is 0.130. The van der Waals surface area contributed by atoms with E-state index >= 15 is 0 Å². The van der Waals surface area contributed by atoms with Gasteiger partial charge in [-0.1, -0.05) is 23.7 Å². The van der Waals surface area contributed by atoms with Crippen LogP contribution in [0.1, 0.15) is 28.8 Å². The van der Waals surface area contributed by atoms with E-state index in [0.29, 0.717) is 30.5 Å². The third-order valence-electron chi connectivity index (χ3n) is 3.67. The molecule has 0 aliphatic heterocycles. The predicted octanol–water partition coefficient (Wildman–Crippen LogP) is 3.49. The standard InChI is InChI=1S/C19H19ClF2N2O2/c20-14-4-1-3-13(11-14)8-10-23-18(25)5-2-9-24-19(26)16-7-6-15(21)12-17(16)22/h1,3-4,6-7,11-12H,2,5,8-10H2,(H,23,25)(H,24,26). The molecule has 0 aliphatic rings. The van der Waals surface area contributed by atoms with E-state index in [4.69, 9.17) is 11.6 Å². The Morgan fingerprint density at radius 2 is 1.81 bits per heavy atom. The zero-order valence-corrected chi connectivity index (χ0v) is 14.8. The van der Waals surface area contributed by atoms with Gasteiger partial charge in [0.25, 0.3) is 5.91 Å². The summed E-state index contributed by atoms with van der Waals surface area (Å²) in [6, 6.07) is 10.2. The highest BCUT2D eigenvalue weighted by molar-refractivity contribution is 6.30. The average molecular weight is 381 g/mol. The Morgan fingerprint density at radius 3 is 2.54 bits per heavy atom. The van der Waals surface area contributed by atoms with E-state index in [1.807, 2.05) is 18.2 Å². The fourth-order valence-corrected chi connectivity index (χ4v) is 2.56. The van der Waals surface area contributed by atoms with Crippen LogP contribution in [0.4, 0.5) is 8.78 Å². The maximum atomic E-state index is 13.5. The van der Waals surface area contributed by atoms with E-state index in [0.717, 1.165) is 17.7 Å². The van der Waals surface area contributed by atoms with Crippen LogP contribution in [0.3, 0.4) is 0 Å². The summed E-state index contributed by atoms with van der Waals surface area (Å²) in [5.41, 5.74) is 0.809. The molecule has 2 aromatic carbocycles. The monoisotopic (exact) mass is 380 g/mol. The molecule has 0 aliphatic carbocycles. The molecule has 26 heavy (non-hydrogen) atoms. The lowest BCUT2D eigenvalue weighted by Gasteiger charge is -2.07. The van der Waals surface area contributed by atoms with Crippen molar-refractivity contribution in [3.05, 3.63) is 70.2 Å². The molecule has 7 heteroatoms. The van der Waals surface area contributed by atoms with Gasteiger partial charge in [-0.2, -0.15) is 0 Å². The summed E-state index contributed by atoms with van der Waals surface area (Å²) in [6.45, 7) is 0.712. The van der Waals surface area contributed by atoms with Gasteiger partial charge in [0.2, 0.25) is 5.91 Å². The van der Waals surface area contributed by atoms with Crippen LogP contribution in [-0.4, -0.2) is 24.9 Å².